The Morgan fingerprint density at radius 3 is 0.844 bits per heavy atom. The van der Waals surface area contributed by atoms with E-state index in [1.807, 2.05) is 0 Å². The maximum atomic E-state index is 12.7. The molecule has 5 heteroatoms. The minimum atomic E-state index is -0.398. The quantitative estimate of drug-likeness (QED) is 0.0346. The Labute approximate surface area is 400 Å². The molecule has 0 spiro atoms. The van der Waals surface area contributed by atoms with E-state index in [1.54, 1.807) is 0 Å². The van der Waals surface area contributed by atoms with Gasteiger partial charge in [0.15, 0.2) is 0 Å². The molecule has 0 fully saturated rings. The summed E-state index contributed by atoms with van der Waals surface area (Å²) in [4.78, 5) is 25.3. The van der Waals surface area contributed by atoms with Crippen LogP contribution in [0.15, 0.2) is 24.3 Å². The Balaban J connectivity index is 4.20. The van der Waals surface area contributed by atoms with E-state index in [0.717, 1.165) is 44.9 Å². The van der Waals surface area contributed by atoms with Gasteiger partial charge in [-0.3, -0.25) is 9.59 Å². The number of ether oxygens (including phenoxy) is 3. The number of carbonyl (C=O) groups is 2. The van der Waals surface area contributed by atoms with Gasteiger partial charge in [0.1, 0.15) is 19.3 Å². The van der Waals surface area contributed by atoms with Gasteiger partial charge in [-0.1, -0.05) is 257 Å². The Bertz CT molecular complexity index is 974. The molecule has 0 aromatic carbocycles. The number of esters is 2. The monoisotopic (exact) mass is 901 g/mol. The number of unbranched alkanes of at least 4 members (excludes halogenated alkanes) is 39. The topological polar surface area (TPSA) is 61.8 Å². The van der Waals surface area contributed by atoms with E-state index in [0.29, 0.717) is 19.4 Å². The highest BCUT2D eigenvalue weighted by molar-refractivity contribution is 5.69. The second-order valence-corrected chi connectivity index (χ2v) is 19.5. The largest absolute Gasteiger partial charge is 0.463 e. The van der Waals surface area contributed by atoms with Gasteiger partial charge in [-0.15, -0.1) is 0 Å². The molecule has 0 rings (SSSR count). The molecule has 0 N–H and O–H groups in total. The maximum Gasteiger partial charge on any atom is 0.305 e. The summed E-state index contributed by atoms with van der Waals surface area (Å²) < 4.78 is 17.5. The zero-order chi connectivity index (χ0) is 46.3. The molecule has 5 nitrogen and oxygen atoms in total. The standard InChI is InChI=1S/C59H112O5/c1-4-7-10-13-16-19-22-25-27-29-30-31-32-35-38-41-44-47-50-53-59(61)64-56-57(55-63-58(60)52-49-46-43-40-37-34-24-21-18-15-12-9-6-3)62-54-51-48-45-42-39-36-33-28-26-23-20-17-14-11-8-5-2/h21,24-25,27,57H,4-20,22-23,26,28-56H2,1-3H3/b24-21-,27-25-/t57-/m0/s1. The molecular weight excluding hydrogens is 789 g/mol. The smallest absolute Gasteiger partial charge is 0.305 e. The van der Waals surface area contributed by atoms with Crippen molar-refractivity contribution in [1.82, 2.24) is 0 Å². The molecule has 0 bridgehead atoms. The van der Waals surface area contributed by atoms with Crippen LogP contribution in [0.5, 0.6) is 0 Å². The fraction of sp³-hybridized carbons (Fsp3) is 0.898. The number of hydrogen-bond acceptors (Lipinski definition) is 5. The van der Waals surface area contributed by atoms with Crippen molar-refractivity contribution in [3.05, 3.63) is 24.3 Å². The number of hydrogen-bond donors (Lipinski definition) is 0. The average molecular weight is 902 g/mol. The highest BCUT2D eigenvalue weighted by Crippen LogP contribution is 2.16. The predicted octanol–water partition coefficient (Wildman–Crippen LogP) is 19.6. The van der Waals surface area contributed by atoms with Crippen molar-refractivity contribution in [3.8, 4) is 0 Å². The Kier molecular flexibility index (Phi) is 54.3. The van der Waals surface area contributed by atoms with Crippen LogP contribution in [0.2, 0.25) is 0 Å². The lowest BCUT2D eigenvalue weighted by atomic mass is 10.0. The molecule has 1 atom stereocenters. The van der Waals surface area contributed by atoms with Crippen LogP contribution in [-0.2, 0) is 23.8 Å². The first-order valence-electron chi connectivity index (χ1n) is 28.9. The van der Waals surface area contributed by atoms with Gasteiger partial charge in [0.2, 0.25) is 0 Å². The van der Waals surface area contributed by atoms with Crippen LogP contribution in [0.1, 0.15) is 316 Å². The number of rotatable bonds is 54. The van der Waals surface area contributed by atoms with Gasteiger partial charge in [-0.25, -0.2) is 0 Å². The van der Waals surface area contributed by atoms with E-state index in [-0.39, 0.29) is 25.2 Å². The van der Waals surface area contributed by atoms with Gasteiger partial charge in [0.25, 0.3) is 0 Å². The highest BCUT2D eigenvalue weighted by Gasteiger charge is 2.16. The third kappa shape index (κ3) is 53.0. The fourth-order valence-electron chi connectivity index (χ4n) is 8.59. The summed E-state index contributed by atoms with van der Waals surface area (Å²) in [7, 11) is 0. The maximum absolute atomic E-state index is 12.7. The SMILES string of the molecule is CCCCCC/C=C\CCCCCCCC(=O)OC[C@@H](COC(=O)CCCCCCCCCCC/C=C\CCCCCCCC)OCCCCCCCCCCCCCCCCCC. The van der Waals surface area contributed by atoms with Crippen LogP contribution in [0.4, 0.5) is 0 Å². The van der Waals surface area contributed by atoms with E-state index in [4.69, 9.17) is 14.2 Å². The van der Waals surface area contributed by atoms with Gasteiger partial charge >= 0.3 is 11.9 Å². The fourth-order valence-corrected chi connectivity index (χ4v) is 8.59. The lowest BCUT2D eigenvalue weighted by molar-refractivity contribution is -0.155. The molecule has 0 saturated heterocycles. The molecule has 0 aliphatic rings. The van der Waals surface area contributed by atoms with Gasteiger partial charge < -0.3 is 14.2 Å². The second kappa shape index (κ2) is 55.7. The zero-order valence-electron chi connectivity index (χ0n) is 43.6. The molecule has 0 aromatic rings. The summed E-state index contributed by atoms with van der Waals surface area (Å²) in [5, 5.41) is 0. The van der Waals surface area contributed by atoms with Crippen molar-refractivity contribution in [2.45, 2.75) is 322 Å². The summed E-state index contributed by atoms with van der Waals surface area (Å²) in [5.41, 5.74) is 0. The summed E-state index contributed by atoms with van der Waals surface area (Å²) in [6, 6.07) is 0. The second-order valence-electron chi connectivity index (χ2n) is 19.5. The first-order chi connectivity index (χ1) is 31.6. The summed E-state index contributed by atoms with van der Waals surface area (Å²) >= 11 is 0. The predicted molar refractivity (Wildman–Crippen MR) is 279 cm³/mol. The molecular formula is C59H112O5. The first-order valence-corrected chi connectivity index (χ1v) is 28.9. The van der Waals surface area contributed by atoms with Crippen LogP contribution in [0.25, 0.3) is 0 Å². The van der Waals surface area contributed by atoms with E-state index < -0.39 is 6.10 Å². The van der Waals surface area contributed by atoms with Crippen LogP contribution in [-0.4, -0.2) is 37.9 Å². The third-order valence-electron chi connectivity index (χ3n) is 13.0. The molecule has 0 amide bonds. The van der Waals surface area contributed by atoms with Gasteiger partial charge in [0.05, 0.1) is 0 Å². The van der Waals surface area contributed by atoms with Gasteiger partial charge in [-0.05, 0) is 70.6 Å². The molecule has 378 valence electrons. The Morgan fingerprint density at radius 2 is 0.547 bits per heavy atom. The van der Waals surface area contributed by atoms with E-state index in [9.17, 15) is 9.59 Å². The molecule has 0 radical (unpaired) electrons. The van der Waals surface area contributed by atoms with Crippen molar-refractivity contribution in [2.24, 2.45) is 0 Å². The molecule has 64 heavy (non-hydrogen) atoms. The summed E-state index contributed by atoms with van der Waals surface area (Å²) in [5.74, 6) is -0.328. The molecule has 0 saturated carbocycles. The lowest BCUT2D eigenvalue weighted by Gasteiger charge is -2.18. The Hall–Kier alpha value is -1.62. The van der Waals surface area contributed by atoms with Crippen molar-refractivity contribution in [1.29, 1.82) is 0 Å². The molecule has 0 heterocycles. The van der Waals surface area contributed by atoms with E-state index >= 15 is 0 Å². The van der Waals surface area contributed by atoms with Crippen LogP contribution < -0.4 is 0 Å². The molecule has 0 unspecified atom stereocenters. The van der Waals surface area contributed by atoms with Gasteiger partial charge in [0, 0.05) is 19.4 Å². The minimum absolute atomic E-state index is 0.158. The van der Waals surface area contributed by atoms with Crippen molar-refractivity contribution in [3.63, 3.8) is 0 Å². The van der Waals surface area contributed by atoms with Crippen LogP contribution in [0.3, 0.4) is 0 Å². The normalized spacial score (nSPS) is 12.2. The first kappa shape index (κ1) is 62.4. The van der Waals surface area contributed by atoms with Gasteiger partial charge in [-0.2, -0.15) is 0 Å². The van der Waals surface area contributed by atoms with E-state index in [1.165, 1.54) is 238 Å². The van der Waals surface area contributed by atoms with Crippen molar-refractivity contribution >= 4 is 11.9 Å². The zero-order valence-corrected chi connectivity index (χ0v) is 43.6. The summed E-state index contributed by atoms with van der Waals surface area (Å²) in [6.07, 6.45) is 66.5. The van der Waals surface area contributed by atoms with Crippen molar-refractivity contribution in [2.75, 3.05) is 19.8 Å². The lowest BCUT2D eigenvalue weighted by Crippen LogP contribution is -2.29. The number of carbonyl (C=O) groups excluding carboxylic acids is 2. The van der Waals surface area contributed by atoms with Crippen LogP contribution >= 0.6 is 0 Å². The average Bonchev–Trinajstić information content (AvgIpc) is 3.30. The molecule has 0 aromatic heterocycles. The Morgan fingerprint density at radius 1 is 0.312 bits per heavy atom. The number of allylic oxidation sites excluding steroid dienone is 4. The highest BCUT2D eigenvalue weighted by atomic mass is 16.6. The summed E-state index contributed by atoms with van der Waals surface area (Å²) in [6.45, 7) is 7.76. The van der Waals surface area contributed by atoms with Crippen LogP contribution in [0, 0.1) is 0 Å². The molecule has 0 aliphatic heterocycles. The third-order valence-corrected chi connectivity index (χ3v) is 13.0. The van der Waals surface area contributed by atoms with E-state index in [2.05, 4.69) is 45.1 Å². The molecule has 0 aliphatic carbocycles. The minimum Gasteiger partial charge on any atom is -0.463 e. The van der Waals surface area contributed by atoms with Crippen molar-refractivity contribution < 1.29 is 23.8 Å².